The monoisotopic (exact) mass is 250 g/mol. The van der Waals surface area contributed by atoms with Gasteiger partial charge in [0.2, 0.25) is 0 Å². The van der Waals surface area contributed by atoms with E-state index in [1.165, 1.54) is 0 Å². The van der Waals surface area contributed by atoms with Crippen LogP contribution in [-0.4, -0.2) is 30.4 Å². The Bertz CT molecular complexity index is 408. The highest BCUT2D eigenvalue weighted by Gasteiger charge is 2.27. The molecule has 0 aromatic heterocycles. The predicted molar refractivity (Wildman–Crippen MR) is 74.1 cm³/mol. The molecular weight excluding hydrogens is 228 g/mol. The van der Waals surface area contributed by atoms with Crippen molar-refractivity contribution in [1.82, 2.24) is 0 Å². The molecule has 18 heavy (non-hydrogen) atoms. The van der Waals surface area contributed by atoms with Gasteiger partial charge in [0.05, 0.1) is 17.9 Å². The van der Waals surface area contributed by atoms with Gasteiger partial charge in [-0.05, 0) is 38.8 Å². The summed E-state index contributed by atoms with van der Waals surface area (Å²) in [5.74, 6) is 0.743. The topological polar surface area (TPSA) is 58.7 Å². The van der Waals surface area contributed by atoms with Crippen LogP contribution >= 0.6 is 0 Å². The minimum absolute atomic E-state index is 0.521. The van der Waals surface area contributed by atoms with Crippen LogP contribution in [0.5, 0.6) is 5.75 Å². The van der Waals surface area contributed by atoms with Crippen molar-refractivity contribution in [3.05, 3.63) is 18.2 Å². The number of benzene rings is 1. The summed E-state index contributed by atoms with van der Waals surface area (Å²) in [5.41, 5.74) is 7.13. The summed E-state index contributed by atoms with van der Waals surface area (Å²) in [6.07, 6.45) is 1.59. The van der Waals surface area contributed by atoms with Crippen LogP contribution in [0.4, 0.5) is 11.4 Å². The van der Waals surface area contributed by atoms with Crippen LogP contribution in [0.25, 0.3) is 0 Å². The molecule has 0 radical (unpaired) electrons. The summed E-state index contributed by atoms with van der Waals surface area (Å²) in [5, 5.41) is 9.95. The third-order valence-electron chi connectivity index (χ3n) is 3.50. The average molecular weight is 250 g/mol. The fraction of sp³-hybridized carbons (Fsp3) is 0.571. The Morgan fingerprint density at radius 1 is 1.39 bits per heavy atom. The molecule has 0 unspecified atom stereocenters. The molecule has 0 saturated carbocycles. The molecule has 0 atom stereocenters. The quantitative estimate of drug-likeness (QED) is 0.806. The highest BCUT2D eigenvalue weighted by atomic mass is 16.5. The van der Waals surface area contributed by atoms with Gasteiger partial charge in [0.1, 0.15) is 5.75 Å². The minimum Gasteiger partial charge on any atom is -0.492 e. The van der Waals surface area contributed by atoms with E-state index >= 15 is 0 Å². The second-order valence-electron chi connectivity index (χ2n) is 5.14. The van der Waals surface area contributed by atoms with Gasteiger partial charge in [-0.15, -0.1) is 0 Å². The third kappa shape index (κ3) is 2.88. The lowest BCUT2D eigenvalue weighted by Crippen LogP contribution is -2.42. The average Bonchev–Trinajstić information content (AvgIpc) is 2.32. The predicted octanol–water partition coefficient (Wildman–Crippen LogP) is 2.02. The highest BCUT2D eigenvalue weighted by Crippen LogP contribution is 2.31. The summed E-state index contributed by atoms with van der Waals surface area (Å²) in [4.78, 5) is 2.26. The summed E-state index contributed by atoms with van der Waals surface area (Å²) >= 11 is 0. The van der Waals surface area contributed by atoms with E-state index < -0.39 is 5.60 Å². The van der Waals surface area contributed by atoms with E-state index in [4.69, 9.17) is 10.5 Å². The number of nitrogens with zero attached hydrogens (tertiary/aromatic N) is 1. The zero-order valence-corrected chi connectivity index (χ0v) is 11.1. The van der Waals surface area contributed by atoms with Gasteiger partial charge in [-0.25, -0.2) is 0 Å². The molecule has 1 saturated heterocycles. The van der Waals surface area contributed by atoms with Gasteiger partial charge >= 0.3 is 0 Å². The maximum absolute atomic E-state index is 9.95. The van der Waals surface area contributed by atoms with Crippen molar-refractivity contribution in [2.24, 2.45) is 0 Å². The number of piperidine rings is 1. The molecule has 4 nitrogen and oxygen atoms in total. The van der Waals surface area contributed by atoms with Gasteiger partial charge in [-0.1, -0.05) is 0 Å². The summed E-state index contributed by atoms with van der Waals surface area (Å²) < 4.78 is 5.51. The van der Waals surface area contributed by atoms with Gasteiger partial charge in [-0.3, -0.25) is 0 Å². The van der Waals surface area contributed by atoms with Crippen molar-refractivity contribution in [3.63, 3.8) is 0 Å². The van der Waals surface area contributed by atoms with Crippen LogP contribution in [0, 0.1) is 0 Å². The first kappa shape index (κ1) is 13.0. The Morgan fingerprint density at radius 3 is 2.67 bits per heavy atom. The number of ether oxygens (including phenoxy) is 1. The molecule has 1 aliphatic rings. The number of nitrogen functional groups attached to an aromatic ring is 1. The van der Waals surface area contributed by atoms with E-state index in [0.29, 0.717) is 12.3 Å². The maximum atomic E-state index is 9.95. The fourth-order valence-corrected chi connectivity index (χ4v) is 2.25. The van der Waals surface area contributed by atoms with Gasteiger partial charge in [0, 0.05) is 24.8 Å². The van der Waals surface area contributed by atoms with Gasteiger partial charge in [0.15, 0.2) is 0 Å². The Hall–Kier alpha value is -1.42. The molecule has 1 aromatic carbocycles. The first-order valence-corrected chi connectivity index (χ1v) is 6.51. The van der Waals surface area contributed by atoms with Crippen molar-refractivity contribution in [1.29, 1.82) is 0 Å². The standard InChI is InChI=1S/C14H22N2O2/c1-3-18-13-10-11(4-5-12(13)15)16-8-6-14(2,17)7-9-16/h4-5,10,17H,3,6-9,15H2,1-2H3. The van der Waals surface area contributed by atoms with Crippen LogP contribution in [0.1, 0.15) is 26.7 Å². The Labute approximate surface area is 108 Å². The Morgan fingerprint density at radius 2 is 2.06 bits per heavy atom. The van der Waals surface area contributed by atoms with E-state index in [1.54, 1.807) is 0 Å². The number of aliphatic hydroxyl groups is 1. The molecule has 1 heterocycles. The van der Waals surface area contributed by atoms with Crippen LogP contribution < -0.4 is 15.4 Å². The molecular formula is C14H22N2O2. The second-order valence-corrected chi connectivity index (χ2v) is 5.14. The van der Waals surface area contributed by atoms with Crippen molar-refractivity contribution in [2.75, 3.05) is 30.3 Å². The fourth-order valence-electron chi connectivity index (χ4n) is 2.25. The summed E-state index contributed by atoms with van der Waals surface area (Å²) in [6.45, 7) is 6.19. The SMILES string of the molecule is CCOc1cc(N2CCC(C)(O)CC2)ccc1N. The van der Waals surface area contributed by atoms with E-state index in [0.717, 1.165) is 37.4 Å². The van der Waals surface area contributed by atoms with Crippen LogP contribution in [-0.2, 0) is 0 Å². The molecule has 0 amide bonds. The van der Waals surface area contributed by atoms with Crippen LogP contribution in [0.2, 0.25) is 0 Å². The first-order valence-electron chi connectivity index (χ1n) is 6.51. The molecule has 1 aliphatic heterocycles. The molecule has 1 fully saturated rings. The molecule has 3 N–H and O–H groups in total. The number of hydrogen-bond donors (Lipinski definition) is 2. The van der Waals surface area contributed by atoms with Crippen molar-refractivity contribution >= 4 is 11.4 Å². The van der Waals surface area contributed by atoms with Crippen LogP contribution in [0.3, 0.4) is 0 Å². The van der Waals surface area contributed by atoms with Gasteiger partial charge in [0.25, 0.3) is 0 Å². The smallest absolute Gasteiger partial charge is 0.144 e. The highest BCUT2D eigenvalue weighted by molar-refractivity contribution is 5.62. The van der Waals surface area contributed by atoms with Crippen molar-refractivity contribution < 1.29 is 9.84 Å². The molecule has 100 valence electrons. The molecule has 2 rings (SSSR count). The normalized spacial score (nSPS) is 18.7. The van der Waals surface area contributed by atoms with E-state index in [1.807, 2.05) is 32.0 Å². The molecule has 0 aliphatic carbocycles. The lowest BCUT2D eigenvalue weighted by atomic mass is 9.93. The number of hydrogen-bond acceptors (Lipinski definition) is 4. The van der Waals surface area contributed by atoms with Gasteiger partial charge < -0.3 is 20.5 Å². The molecule has 4 heteroatoms. The largest absolute Gasteiger partial charge is 0.492 e. The van der Waals surface area contributed by atoms with Crippen molar-refractivity contribution in [3.8, 4) is 5.75 Å². The van der Waals surface area contributed by atoms with Gasteiger partial charge in [-0.2, -0.15) is 0 Å². The number of rotatable bonds is 3. The lowest BCUT2D eigenvalue weighted by Gasteiger charge is -2.37. The number of anilines is 2. The summed E-state index contributed by atoms with van der Waals surface area (Å²) in [6, 6.07) is 5.88. The first-order chi connectivity index (χ1) is 8.52. The lowest BCUT2D eigenvalue weighted by molar-refractivity contribution is 0.0351. The summed E-state index contributed by atoms with van der Waals surface area (Å²) in [7, 11) is 0. The molecule has 0 spiro atoms. The molecule has 1 aromatic rings. The van der Waals surface area contributed by atoms with E-state index in [2.05, 4.69) is 4.90 Å². The number of nitrogens with two attached hydrogens (primary N) is 1. The Kier molecular flexibility index (Phi) is 3.66. The molecule has 0 bridgehead atoms. The maximum Gasteiger partial charge on any atom is 0.144 e. The van der Waals surface area contributed by atoms with E-state index in [9.17, 15) is 5.11 Å². The van der Waals surface area contributed by atoms with Crippen LogP contribution in [0.15, 0.2) is 18.2 Å². The van der Waals surface area contributed by atoms with Crippen molar-refractivity contribution in [2.45, 2.75) is 32.3 Å². The van der Waals surface area contributed by atoms with E-state index in [-0.39, 0.29) is 0 Å². The third-order valence-corrected chi connectivity index (χ3v) is 3.50. The zero-order valence-electron chi connectivity index (χ0n) is 11.1. The minimum atomic E-state index is -0.521. The zero-order chi connectivity index (χ0) is 13.2. The second kappa shape index (κ2) is 5.06. The Balaban J connectivity index is 2.12.